The highest BCUT2D eigenvalue weighted by atomic mass is 32.1. The molecule has 0 unspecified atom stereocenters. The second-order valence-corrected chi connectivity index (χ2v) is 14.9. The first-order valence-corrected chi connectivity index (χ1v) is 21.7. The van der Waals surface area contributed by atoms with Gasteiger partial charge in [-0.3, -0.25) is 43.5 Å². The normalized spacial score (nSPS) is 10.9. The number of ketones is 3. The molecule has 2 aromatic heterocycles. The third-order valence-electron chi connectivity index (χ3n) is 9.03. The zero-order valence-electron chi connectivity index (χ0n) is 39.6. The number of nitrogens with two attached hydrogens (primary N) is 3. The van der Waals surface area contributed by atoms with E-state index in [1.165, 1.54) is 6.20 Å². The van der Waals surface area contributed by atoms with Gasteiger partial charge in [0.15, 0.2) is 28.7 Å². The van der Waals surface area contributed by atoms with E-state index in [0.717, 1.165) is 0 Å². The second-order valence-electron chi connectivity index (χ2n) is 14.4. The van der Waals surface area contributed by atoms with E-state index in [2.05, 4.69) is 58.8 Å². The fourth-order valence-electron chi connectivity index (χ4n) is 5.69. The van der Waals surface area contributed by atoms with Crippen LogP contribution in [-0.4, -0.2) is 123 Å². The van der Waals surface area contributed by atoms with Crippen molar-refractivity contribution in [1.29, 1.82) is 0 Å². The number of fused-ring (bicyclic) bond motifs is 1. The number of aromatic nitrogens is 4. The van der Waals surface area contributed by atoms with Crippen LogP contribution in [0.25, 0.3) is 11.2 Å². The fraction of sp³-hybridized carbons (Fsp3) is 0.442. The maximum Gasteiger partial charge on any atom is 0.373 e. The molecule has 0 bridgehead atoms. The predicted molar refractivity (Wildman–Crippen MR) is 250 cm³/mol. The summed E-state index contributed by atoms with van der Waals surface area (Å²) < 4.78 is 0. The molecule has 3 amide bonds. The molecule has 30 heteroatoms. The molecule has 2 heterocycles. The number of nitrogens with zero attached hydrogens (tertiary/aromatic N) is 4. The van der Waals surface area contributed by atoms with Crippen molar-refractivity contribution < 1.29 is 78.1 Å². The summed E-state index contributed by atoms with van der Waals surface area (Å²) in [5, 5.41) is 11.3. The second kappa shape index (κ2) is 41.9. The van der Waals surface area contributed by atoms with Gasteiger partial charge in [-0.1, -0.05) is 13.8 Å². The molecule has 29 nitrogen and oxygen atoms in total. The minimum absolute atomic E-state index is 0. The molecule has 0 radical (unpaired) electrons. The Morgan fingerprint density at radius 1 is 0.753 bits per heavy atom. The maximum absolute atomic E-state index is 13.3. The van der Waals surface area contributed by atoms with E-state index >= 15 is 0 Å². The molecule has 3 rings (SSSR count). The van der Waals surface area contributed by atoms with Crippen LogP contribution in [0.2, 0.25) is 0 Å². The lowest BCUT2D eigenvalue weighted by molar-refractivity contribution is -0.193. The van der Waals surface area contributed by atoms with Gasteiger partial charge in [0.2, 0.25) is 17.8 Å². The summed E-state index contributed by atoms with van der Waals surface area (Å²) in [5.74, 6) is -3.10. The molecule has 0 saturated heterocycles. The van der Waals surface area contributed by atoms with Gasteiger partial charge in [0, 0.05) is 63.3 Å². The van der Waals surface area contributed by atoms with E-state index < -0.39 is 41.3 Å². The highest BCUT2D eigenvalue weighted by Crippen LogP contribution is 2.14. The minimum Gasteiger partial charge on any atom is -0.379 e. The molecule has 1 aromatic carbocycles. The van der Waals surface area contributed by atoms with Gasteiger partial charge in [-0.2, -0.15) is 65.6 Å². The van der Waals surface area contributed by atoms with Crippen molar-refractivity contribution in [2.75, 3.05) is 29.9 Å². The largest absolute Gasteiger partial charge is 0.379 e. The van der Waals surface area contributed by atoms with Crippen molar-refractivity contribution in [2.45, 2.75) is 90.8 Å². The molecular formula is C43H56N12O17S. The van der Waals surface area contributed by atoms with Gasteiger partial charge in [-0.15, -0.1) is 0 Å². The number of carbonyl (C=O) groups excluding carboxylic acids is 16. The molecule has 0 spiro atoms. The molecule has 3 aromatic rings. The number of hydrogen-bond donors (Lipinski definition) is 9. The number of hydrogen-bond acceptors (Lipinski definition) is 24. The van der Waals surface area contributed by atoms with Crippen molar-refractivity contribution in [3.05, 3.63) is 52.1 Å². The smallest absolute Gasteiger partial charge is 0.373 e. The number of nitrogens with one attached hydrogen (secondary N) is 5. The summed E-state index contributed by atoms with van der Waals surface area (Å²) in [6, 6.07) is 5.04. The zero-order valence-corrected chi connectivity index (χ0v) is 40.5. The summed E-state index contributed by atoms with van der Waals surface area (Å²) in [6.45, 7) is 5.45. The van der Waals surface area contributed by atoms with E-state index in [1.54, 1.807) is 45.0 Å². The van der Waals surface area contributed by atoms with Gasteiger partial charge in [0.25, 0.3) is 11.5 Å². The number of H-pyrrole nitrogens is 1. The standard InChI is InChI=1S/C38H54N12O7S.5CO2.H2/c1-21(34(55)48-28(8-5-15-43-37(39)40)30(53)18-22(2)33(54)46-23(3)29(52)9-6-16-58)17-27(51)7-4-14-42-35(56)24-10-12-25(13-11-24)44-19-26-20-45-32-31(47-26)36(57)50-38(41)49-32;5*2-1-3;/h10-13,20-23,28,44,58H,4-9,14-19H2,1-3H3,(H,42,56)(H,46,54)(H,48,55)(H4,39,40,43)(H3,41,45,49,50,57);;;;;;1H/t21-,22-,23-,28+;;;;;;/m1....../s1/i;;;;;;1+1. The summed E-state index contributed by atoms with van der Waals surface area (Å²) in [7, 11) is 0. The number of anilines is 2. The molecule has 396 valence electrons. The molecule has 0 aliphatic rings. The third kappa shape index (κ3) is 32.4. The number of aromatic amines is 1. The van der Waals surface area contributed by atoms with E-state index in [1.807, 2.05) is 0 Å². The Labute approximate surface area is 421 Å². The van der Waals surface area contributed by atoms with Crippen LogP contribution < -0.4 is 44.0 Å². The number of carbonyl (C=O) groups is 6. The van der Waals surface area contributed by atoms with Gasteiger partial charge >= 0.3 is 30.8 Å². The van der Waals surface area contributed by atoms with E-state index in [9.17, 15) is 33.6 Å². The minimum atomic E-state index is -0.951. The van der Waals surface area contributed by atoms with Crippen molar-refractivity contribution in [3.63, 3.8) is 0 Å². The number of rotatable bonds is 25. The van der Waals surface area contributed by atoms with Crippen molar-refractivity contribution in [3.8, 4) is 0 Å². The number of aliphatic imine (C=N–C) groups is 1. The summed E-state index contributed by atoms with van der Waals surface area (Å²) in [6.07, 6.45) is 4.38. The lowest BCUT2D eigenvalue weighted by atomic mass is 9.95. The van der Waals surface area contributed by atoms with Gasteiger partial charge in [0.05, 0.1) is 30.5 Å². The van der Waals surface area contributed by atoms with Crippen LogP contribution in [0.1, 0.15) is 89.6 Å². The lowest BCUT2D eigenvalue weighted by Crippen LogP contribution is -2.46. The van der Waals surface area contributed by atoms with Crippen LogP contribution in [0.5, 0.6) is 0 Å². The zero-order chi connectivity index (χ0) is 56.3. The monoisotopic (exact) mass is 1050 g/mol. The highest BCUT2D eigenvalue weighted by molar-refractivity contribution is 7.80. The molecule has 0 aliphatic carbocycles. The Morgan fingerprint density at radius 3 is 1.85 bits per heavy atom. The molecule has 0 fully saturated rings. The molecule has 73 heavy (non-hydrogen) atoms. The maximum atomic E-state index is 13.3. The molecule has 0 aliphatic heterocycles. The van der Waals surface area contributed by atoms with Gasteiger partial charge in [-0.05, 0) is 62.6 Å². The van der Waals surface area contributed by atoms with Crippen molar-refractivity contribution in [1.82, 2.24) is 35.9 Å². The Bertz CT molecular complexity index is 2440. The summed E-state index contributed by atoms with van der Waals surface area (Å²) in [5.41, 5.74) is 17.7. The summed E-state index contributed by atoms with van der Waals surface area (Å²) in [4.78, 5) is 189. The number of amides is 3. The molecule has 11 N–H and O–H groups in total. The van der Waals surface area contributed by atoms with Crippen molar-refractivity contribution in [2.24, 2.45) is 28.3 Å². The van der Waals surface area contributed by atoms with Crippen LogP contribution in [-0.2, 0) is 78.5 Å². The van der Waals surface area contributed by atoms with Gasteiger partial charge in [0.1, 0.15) is 5.78 Å². The van der Waals surface area contributed by atoms with Gasteiger partial charge < -0.3 is 38.5 Å². The number of benzene rings is 1. The average Bonchev–Trinajstić information content (AvgIpc) is 3.33. The van der Waals surface area contributed by atoms with E-state index in [0.29, 0.717) is 42.0 Å². The van der Waals surface area contributed by atoms with Crippen molar-refractivity contribution >= 4 is 107 Å². The van der Waals surface area contributed by atoms with Crippen LogP contribution in [0.4, 0.5) is 11.6 Å². The predicted octanol–water partition coefficient (Wildman–Crippen LogP) is -1.74. The van der Waals surface area contributed by atoms with Crippen LogP contribution in [0.3, 0.4) is 0 Å². The van der Waals surface area contributed by atoms with Crippen LogP contribution >= 0.6 is 12.6 Å². The Kier molecular flexibility index (Phi) is 39.2. The van der Waals surface area contributed by atoms with Crippen LogP contribution in [0.15, 0.2) is 40.2 Å². The van der Waals surface area contributed by atoms with E-state index in [4.69, 9.17) is 65.1 Å². The first-order chi connectivity index (χ1) is 34.6. The number of nitrogen functional groups attached to an aromatic ring is 1. The first kappa shape index (κ1) is 68.2. The lowest BCUT2D eigenvalue weighted by Gasteiger charge is -2.22. The SMILES string of the molecule is C[C@H](CC(=O)CCCNC(=O)c1ccc(NCc2cnc3nc(N)[nH]c(=O)c3n2)cc1)C(=O)N[C@@H](CCCN=C(N)N)C(=O)C[C@@H](C)C(=O)N[C@H](C)C(=O)CCCS.O=C=O.O=C=O.O=C=O.O=C=O.O=C=O.[2HH]. The Hall–Kier alpha value is -9.02. The number of guanidine groups is 1. The van der Waals surface area contributed by atoms with E-state index in [-0.39, 0.29) is 130 Å². The molecule has 0 saturated carbocycles. The molecule has 4 atom stereocenters. The Balaban J connectivity index is -0.00000136. The average molecular weight is 1050 g/mol. The first-order valence-electron chi connectivity index (χ1n) is 21.1. The van der Waals surface area contributed by atoms with Crippen LogP contribution in [0, 0.1) is 11.8 Å². The third-order valence-corrected chi connectivity index (χ3v) is 9.35. The fourth-order valence-corrected chi connectivity index (χ4v) is 5.85. The molecular weight excluding hydrogens is 989 g/mol. The Morgan fingerprint density at radius 2 is 1.30 bits per heavy atom. The highest BCUT2D eigenvalue weighted by Gasteiger charge is 2.28. The number of Topliss-reactive ketones (excluding diaryl/α,β-unsaturated/α-hetero) is 3. The number of thiol groups is 1. The summed E-state index contributed by atoms with van der Waals surface area (Å²) >= 11 is 4.10. The quantitative estimate of drug-likeness (QED) is 0.0197. The van der Waals surface area contributed by atoms with Gasteiger partial charge in [-0.25, -0.2) is 9.97 Å². The topological polar surface area (TPSA) is 483 Å².